The molecule has 2 bridgehead atoms. The number of likely N-dealkylation sites (N-methyl/N-ethyl adjacent to an activating group) is 1. The predicted molar refractivity (Wildman–Crippen MR) is 183 cm³/mol. The highest BCUT2D eigenvalue weighted by Gasteiger charge is 2.85. The van der Waals surface area contributed by atoms with Gasteiger partial charge in [-0.15, -0.1) is 0 Å². The van der Waals surface area contributed by atoms with Crippen LogP contribution in [0.5, 0.6) is 0 Å². The van der Waals surface area contributed by atoms with E-state index in [1.54, 1.807) is 6.08 Å². The van der Waals surface area contributed by atoms with E-state index in [2.05, 4.69) is 35.8 Å². The molecule has 0 aromatic heterocycles. The van der Waals surface area contributed by atoms with Crippen LogP contribution in [0.3, 0.4) is 0 Å². The average Bonchev–Trinajstić information content (AvgIpc) is 3.46. The van der Waals surface area contributed by atoms with Gasteiger partial charge in [-0.3, -0.25) is 0 Å². The maximum Gasteiger partial charge on any atom is 0.332 e. The molecule has 9 rings (SSSR count). The molecular formula is C40H56N2O8. The van der Waals surface area contributed by atoms with Crippen molar-refractivity contribution in [3.05, 3.63) is 35.5 Å². The first kappa shape index (κ1) is 33.9. The quantitative estimate of drug-likeness (QED) is 0.0946. The van der Waals surface area contributed by atoms with Crippen molar-refractivity contribution >= 4 is 12.3 Å². The van der Waals surface area contributed by atoms with Crippen LogP contribution in [0.1, 0.15) is 77.6 Å². The van der Waals surface area contributed by atoms with Crippen LogP contribution in [-0.2, 0) is 14.3 Å². The Labute approximate surface area is 294 Å². The van der Waals surface area contributed by atoms with Gasteiger partial charge in [-0.05, 0) is 118 Å². The molecule has 0 aromatic carbocycles. The Morgan fingerprint density at radius 2 is 1.82 bits per heavy atom. The molecule has 10 heteroatoms. The summed E-state index contributed by atoms with van der Waals surface area (Å²) in [5, 5.41) is 71.9. The molecule has 0 unspecified atom stereocenters. The molecule has 6 saturated carbocycles. The Hall–Kier alpha value is -1.92. The van der Waals surface area contributed by atoms with E-state index in [4.69, 9.17) is 4.74 Å². The second-order valence-electron chi connectivity index (χ2n) is 18.1. The van der Waals surface area contributed by atoms with Crippen LogP contribution >= 0.6 is 0 Å². The van der Waals surface area contributed by atoms with Gasteiger partial charge in [0.15, 0.2) is 5.60 Å². The van der Waals surface area contributed by atoms with Crippen LogP contribution in [0.25, 0.3) is 0 Å². The van der Waals surface area contributed by atoms with E-state index < -0.39 is 63.2 Å². The number of hydrogen-bond donors (Lipinski definition) is 7. The molecule has 1 spiro atoms. The summed E-state index contributed by atoms with van der Waals surface area (Å²) in [6.45, 7) is 4.23. The maximum atomic E-state index is 13.9. The summed E-state index contributed by atoms with van der Waals surface area (Å²) in [7, 11) is 1.90. The number of fused-ring (bicyclic) bond motifs is 4. The highest BCUT2D eigenvalue weighted by molar-refractivity contribution is 5.88. The van der Waals surface area contributed by atoms with E-state index in [1.165, 1.54) is 0 Å². The molecule has 0 radical (unpaired) electrons. The Kier molecular flexibility index (Phi) is 7.49. The third kappa shape index (κ3) is 3.75. The molecule has 9 aliphatic rings. The minimum absolute atomic E-state index is 0.0789. The molecule has 6 fully saturated rings. The van der Waals surface area contributed by atoms with Crippen LogP contribution in [0.15, 0.2) is 35.5 Å². The Morgan fingerprint density at radius 1 is 1.00 bits per heavy atom. The lowest BCUT2D eigenvalue weighted by atomic mass is 9.35. The first-order valence-electron chi connectivity index (χ1n) is 19.6. The third-order valence-corrected chi connectivity index (χ3v) is 16.8. The fourth-order valence-electron chi connectivity index (χ4n) is 15.0. The summed E-state index contributed by atoms with van der Waals surface area (Å²) >= 11 is 0. The molecule has 16 atom stereocenters. The Balaban J connectivity index is 1.21. The third-order valence-electron chi connectivity index (χ3n) is 16.8. The van der Waals surface area contributed by atoms with Crippen molar-refractivity contribution in [2.45, 2.75) is 112 Å². The summed E-state index contributed by atoms with van der Waals surface area (Å²) in [6.07, 6.45) is 11.9. The second-order valence-corrected chi connectivity index (χ2v) is 18.1. The van der Waals surface area contributed by atoms with E-state index in [0.717, 1.165) is 36.9 Å². The van der Waals surface area contributed by atoms with Gasteiger partial charge in [-0.25, -0.2) is 4.79 Å². The number of rotatable bonds is 6. The van der Waals surface area contributed by atoms with Crippen molar-refractivity contribution in [1.82, 2.24) is 10.6 Å². The Morgan fingerprint density at radius 3 is 2.60 bits per heavy atom. The van der Waals surface area contributed by atoms with Gasteiger partial charge in [-0.1, -0.05) is 25.2 Å². The number of aliphatic hydroxyl groups excluding tert-OH is 2. The number of esters is 1. The minimum Gasteiger partial charge on any atom is -0.447 e. The lowest BCUT2D eigenvalue weighted by Gasteiger charge is -2.73. The number of hydrogen-bond acceptors (Lipinski definition) is 10. The average molecular weight is 693 g/mol. The molecule has 0 saturated heterocycles. The van der Waals surface area contributed by atoms with Crippen molar-refractivity contribution in [3.63, 3.8) is 0 Å². The number of allylic oxidation sites excluding steroid dienone is 3. The zero-order valence-electron chi connectivity index (χ0n) is 29.5. The summed E-state index contributed by atoms with van der Waals surface area (Å²) in [4.78, 5) is 27.1. The molecule has 10 nitrogen and oxygen atoms in total. The normalized spacial score (nSPS) is 55.5. The van der Waals surface area contributed by atoms with Crippen molar-refractivity contribution < 1.29 is 39.9 Å². The number of aldehydes is 1. The molecule has 50 heavy (non-hydrogen) atoms. The highest BCUT2D eigenvalue weighted by Crippen LogP contribution is 2.78. The van der Waals surface area contributed by atoms with Gasteiger partial charge in [0.05, 0.1) is 23.2 Å². The first-order valence-corrected chi connectivity index (χ1v) is 19.6. The summed E-state index contributed by atoms with van der Waals surface area (Å²) in [6, 6.07) is 0. The van der Waals surface area contributed by atoms with E-state index >= 15 is 0 Å². The lowest BCUT2D eigenvalue weighted by molar-refractivity contribution is -0.375. The largest absolute Gasteiger partial charge is 0.447 e. The molecule has 0 aromatic rings. The van der Waals surface area contributed by atoms with E-state index in [1.807, 2.05) is 7.05 Å². The number of carbonyl (C=O) groups is 2. The van der Waals surface area contributed by atoms with Crippen molar-refractivity contribution in [2.24, 2.45) is 58.2 Å². The smallest absolute Gasteiger partial charge is 0.332 e. The van der Waals surface area contributed by atoms with Gasteiger partial charge in [0.25, 0.3) is 0 Å². The molecule has 0 amide bonds. The monoisotopic (exact) mass is 692 g/mol. The van der Waals surface area contributed by atoms with E-state index in [9.17, 15) is 35.1 Å². The number of ether oxygens (including phenoxy) is 1. The number of aliphatic hydroxyl groups is 5. The fourth-order valence-corrected chi connectivity index (χ4v) is 15.0. The molecule has 8 aliphatic carbocycles. The number of carbonyl (C=O) groups excluding carboxylic acids is 2. The van der Waals surface area contributed by atoms with Crippen LogP contribution in [0.4, 0.5) is 0 Å². The first-order chi connectivity index (χ1) is 23.9. The van der Waals surface area contributed by atoms with Gasteiger partial charge in [0, 0.05) is 48.9 Å². The van der Waals surface area contributed by atoms with Crippen LogP contribution < -0.4 is 10.6 Å². The standard InChI is InChI=1S/C40H56N2O8/c1-22-5-3-6-23-16-27-30(44)7-11-36(21-43)31-8-12-35-9-4-10-37-25(20-42-14-13-41-2)15-24(33(35)28(37)18-32(45)50-37)19-38(35,47)40(31,49)34(46)29(17-26(22)23)39(27,36)48/h3,6,15,18,21-24,26-27,29-31,33-34,41-42,44,46-49H,4-5,7-14,16-17,19-20H2,1-2H3/t22-,23-,24-,26+,27+,29+,30+,31-,33-,34+,35-,36+,37-,38-,39-,40-/m1/s1. The lowest BCUT2D eigenvalue weighted by Crippen LogP contribution is -2.85. The highest BCUT2D eigenvalue weighted by atomic mass is 16.6. The van der Waals surface area contributed by atoms with E-state index in [0.29, 0.717) is 57.9 Å². The minimum atomic E-state index is -2.10. The SMILES string of the molecule is CNCCNCC1=C[C@@H]2C[C@@]3(O)[C@]4(CCC[C@@]15OC(=O)C=C5[C@@H]24)CC[C@H]1[C@@]3(O)[C@@H](O)[C@@H]2C[C@H]3[C@H](C)CC=C[C@@H]3C[C@H]3[C@@H](O)CC[C@@]1(C=O)[C@@]32O. The summed E-state index contributed by atoms with van der Waals surface area (Å²) in [5.74, 6) is -2.88. The molecule has 1 heterocycles. The van der Waals surface area contributed by atoms with E-state index in [-0.39, 0.29) is 48.4 Å². The molecule has 274 valence electrons. The van der Waals surface area contributed by atoms with Gasteiger partial charge < -0.3 is 45.7 Å². The van der Waals surface area contributed by atoms with Gasteiger partial charge in [0.1, 0.15) is 17.5 Å². The van der Waals surface area contributed by atoms with Crippen molar-refractivity contribution in [2.75, 3.05) is 26.7 Å². The van der Waals surface area contributed by atoms with Crippen molar-refractivity contribution in [3.8, 4) is 0 Å². The van der Waals surface area contributed by atoms with Gasteiger partial charge in [-0.2, -0.15) is 0 Å². The maximum absolute atomic E-state index is 13.9. The molecule has 7 N–H and O–H groups in total. The summed E-state index contributed by atoms with van der Waals surface area (Å²) < 4.78 is 6.26. The fraction of sp³-hybridized carbons (Fsp3) is 0.800. The zero-order valence-corrected chi connectivity index (χ0v) is 29.5. The van der Waals surface area contributed by atoms with Gasteiger partial charge >= 0.3 is 5.97 Å². The second kappa shape index (κ2) is 11.1. The van der Waals surface area contributed by atoms with Crippen LogP contribution in [0, 0.1) is 58.2 Å². The Bertz CT molecular complexity index is 1560. The van der Waals surface area contributed by atoms with Gasteiger partial charge in [0.2, 0.25) is 0 Å². The molecular weight excluding hydrogens is 636 g/mol. The number of nitrogens with one attached hydrogen (secondary N) is 2. The topological polar surface area (TPSA) is 169 Å². The molecule has 1 aliphatic heterocycles. The van der Waals surface area contributed by atoms with Crippen molar-refractivity contribution in [1.29, 1.82) is 0 Å². The predicted octanol–water partition coefficient (Wildman–Crippen LogP) is 1.94. The zero-order chi connectivity index (χ0) is 35.1. The van der Waals surface area contributed by atoms with Crippen LogP contribution in [0.2, 0.25) is 0 Å². The van der Waals surface area contributed by atoms with Crippen LogP contribution in [-0.4, -0.2) is 99.1 Å². The summed E-state index contributed by atoms with van der Waals surface area (Å²) in [5.41, 5.74) is -6.97.